The molecule has 0 saturated heterocycles. The second kappa shape index (κ2) is 5.59. The number of nitrogen functional groups attached to an aromatic ring is 1. The number of nitrogens with one attached hydrogen (secondary N) is 3. The zero-order valence-electron chi connectivity index (χ0n) is 10.8. The summed E-state index contributed by atoms with van der Waals surface area (Å²) in [4.78, 5) is 8.34. The zero-order chi connectivity index (χ0) is 13.9. The molecule has 0 amide bonds. The van der Waals surface area contributed by atoms with Crippen LogP contribution in [0.15, 0.2) is 6.20 Å². The average Bonchev–Trinajstić information content (AvgIpc) is 2.83. The molecular weight excluding hydrogens is 266 g/mol. The third-order valence-corrected chi connectivity index (χ3v) is 3.44. The Morgan fingerprint density at radius 2 is 2.32 bits per heavy atom. The number of aromatic amines is 1. The number of hydrogen-bond acceptors (Lipinski definition) is 8. The van der Waals surface area contributed by atoms with Gasteiger partial charge in [0.1, 0.15) is 5.82 Å². The number of rotatable bonds is 6. The summed E-state index contributed by atoms with van der Waals surface area (Å²) in [5.41, 5.74) is 2.15. The van der Waals surface area contributed by atoms with Gasteiger partial charge in [0.05, 0.1) is 17.2 Å². The molecule has 6 N–H and O–H groups in total. The highest BCUT2D eigenvalue weighted by Gasteiger charge is 2.20. The highest BCUT2D eigenvalue weighted by Crippen LogP contribution is 2.20. The van der Waals surface area contributed by atoms with Crippen LogP contribution in [0.25, 0.3) is 11.0 Å². The smallest absolute Gasteiger partial charge is 0.241 e. The summed E-state index contributed by atoms with van der Waals surface area (Å²) >= 11 is 1.58. The van der Waals surface area contributed by atoms with Gasteiger partial charge in [-0.05, 0) is 13.2 Å². The van der Waals surface area contributed by atoms with Crippen LogP contribution in [0.5, 0.6) is 0 Å². The summed E-state index contributed by atoms with van der Waals surface area (Å²) in [5, 5.41) is 20.7. The molecule has 2 heterocycles. The summed E-state index contributed by atoms with van der Waals surface area (Å²) in [7, 11) is 0. The predicted octanol–water partition coefficient (Wildman–Crippen LogP) is 0.164. The summed E-state index contributed by atoms with van der Waals surface area (Å²) in [6.45, 7) is 2.14. The van der Waals surface area contributed by atoms with Crippen molar-refractivity contribution in [2.75, 3.05) is 29.3 Å². The maximum absolute atomic E-state index is 10.1. The molecule has 1 atom stereocenters. The van der Waals surface area contributed by atoms with Gasteiger partial charge in [0.15, 0.2) is 5.65 Å². The van der Waals surface area contributed by atoms with Crippen molar-refractivity contribution < 1.29 is 5.11 Å². The first-order valence-electron chi connectivity index (χ1n) is 5.68. The Hall–Kier alpha value is -1.58. The number of fused-ring (bicyclic) bond motifs is 1. The molecule has 8 nitrogen and oxygen atoms in total. The number of anilines is 2. The van der Waals surface area contributed by atoms with Crippen molar-refractivity contribution in [3.05, 3.63) is 6.20 Å². The van der Waals surface area contributed by atoms with Gasteiger partial charge in [0.2, 0.25) is 5.95 Å². The minimum Gasteiger partial charge on any atom is -0.387 e. The maximum atomic E-state index is 10.1. The molecule has 0 aromatic carbocycles. The normalized spacial score (nSPS) is 14.3. The third-order valence-electron chi connectivity index (χ3n) is 2.53. The van der Waals surface area contributed by atoms with Crippen molar-refractivity contribution in [1.29, 1.82) is 0 Å². The highest BCUT2D eigenvalue weighted by atomic mass is 32.2. The Morgan fingerprint density at radius 1 is 1.53 bits per heavy atom. The van der Waals surface area contributed by atoms with Crippen molar-refractivity contribution in [3.63, 3.8) is 0 Å². The molecule has 2 aromatic heterocycles. The van der Waals surface area contributed by atoms with E-state index in [2.05, 4.69) is 30.9 Å². The van der Waals surface area contributed by atoms with Crippen LogP contribution in [-0.4, -0.2) is 49.4 Å². The van der Waals surface area contributed by atoms with Gasteiger partial charge >= 0.3 is 0 Å². The number of nitrogens with two attached hydrogens (primary N) is 1. The van der Waals surface area contributed by atoms with E-state index in [1.165, 1.54) is 0 Å². The fraction of sp³-hybridized carbons (Fsp3) is 0.500. The SMILES string of the molecule is CSCC(C)(O)CNc1nc(NN)nc2[nH]ncc12. The topological polar surface area (TPSA) is 125 Å². The van der Waals surface area contributed by atoms with E-state index in [-0.39, 0.29) is 5.95 Å². The van der Waals surface area contributed by atoms with Crippen molar-refractivity contribution >= 4 is 34.6 Å². The molecule has 0 aliphatic carbocycles. The van der Waals surface area contributed by atoms with Crippen LogP contribution < -0.4 is 16.6 Å². The van der Waals surface area contributed by atoms with Crippen LogP contribution in [0.1, 0.15) is 6.92 Å². The molecule has 0 saturated carbocycles. The molecule has 0 bridgehead atoms. The molecule has 0 fully saturated rings. The molecule has 2 rings (SSSR count). The Labute approximate surface area is 114 Å². The average molecular weight is 283 g/mol. The van der Waals surface area contributed by atoms with Crippen LogP contribution in [-0.2, 0) is 0 Å². The molecule has 104 valence electrons. The summed E-state index contributed by atoms with van der Waals surface area (Å²) < 4.78 is 0. The van der Waals surface area contributed by atoms with Crippen molar-refractivity contribution in [2.24, 2.45) is 5.84 Å². The number of nitrogens with zero attached hydrogens (tertiary/aromatic N) is 3. The summed E-state index contributed by atoms with van der Waals surface area (Å²) in [6, 6.07) is 0. The van der Waals surface area contributed by atoms with Crippen LogP contribution in [0.3, 0.4) is 0 Å². The van der Waals surface area contributed by atoms with E-state index in [9.17, 15) is 5.11 Å². The van der Waals surface area contributed by atoms with Crippen LogP contribution in [0.4, 0.5) is 11.8 Å². The number of aromatic nitrogens is 4. The van der Waals surface area contributed by atoms with Gasteiger partial charge in [-0.25, -0.2) is 5.84 Å². The lowest BCUT2D eigenvalue weighted by Gasteiger charge is -2.23. The van der Waals surface area contributed by atoms with Crippen molar-refractivity contribution in [1.82, 2.24) is 20.2 Å². The molecule has 19 heavy (non-hydrogen) atoms. The van der Waals surface area contributed by atoms with Crippen LogP contribution >= 0.6 is 11.8 Å². The first-order chi connectivity index (χ1) is 9.05. The van der Waals surface area contributed by atoms with Gasteiger partial charge in [0.25, 0.3) is 0 Å². The molecule has 2 aromatic rings. The Kier molecular flexibility index (Phi) is 4.08. The van der Waals surface area contributed by atoms with Crippen LogP contribution in [0.2, 0.25) is 0 Å². The monoisotopic (exact) mass is 283 g/mol. The van der Waals surface area contributed by atoms with E-state index in [0.29, 0.717) is 23.8 Å². The van der Waals surface area contributed by atoms with Gasteiger partial charge in [-0.1, -0.05) is 0 Å². The van der Waals surface area contributed by atoms with E-state index in [4.69, 9.17) is 5.84 Å². The van der Waals surface area contributed by atoms with E-state index in [1.54, 1.807) is 24.9 Å². The van der Waals surface area contributed by atoms with Crippen molar-refractivity contribution in [3.8, 4) is 0 Å². The lowest BCUT2D eigenvalue weighted by Crippen LogP contribution is -2.36. The molecule has 1 unspecified atom stereocenters. The zero-order valence-corrected chi connectivity index (χ0v) is 11.6. The summed E-state index contributed by atoms with van der Waals surface area (Å²) in [6.07, 6.45) is 3.57. The number of thioether (sulfide) groups is 1. The van der Waals surface area contributed by atoms with E-state index < -0.39 is 5.60 Å². The van der Waals surface area contributed by atoms with E-state index in [1.807, 2.05) is 6.26 Å². The first-order valence-corrected chi connectivity index (χ1v) is 7.08. The van der Waals surface area contributed by atoms with Crippen molar-refractivity contribution in [2.45, 2.75) is 12.5 Å². The quantitative estimate of drug-likeness (QED) is 0.375. The lowest BCUT2D eigenvalue weighted by molar-refractivity contribution is 0.0996. The third kappa shape index (κ3) is 3.25. The Morgan fingerprint density at radius 3 is 3.00 bits per heavy atom. The number of aliphatic hydroxyl groups is 1. The molecule has 9 heteroatoms. The number of hydrazine groups is 1. The van der Waals surface area contributed by atoms with E-state index >= 15 is 0 Å². The first kappa shape index (κ1) is 13.8. The minimum absolute atomic E-state index is 0.281. The largest absolute Gasteiger partial charge is 0.387 e. The maximum Gasteiger partial charge on any atom is 0.241 e. The minimum atomic E-state index is -0.823. The molecule has 0 radical (unpaired) electrons. The Bertz CT molecular complexity index is 556. The fourth-order valence-electron chi connectivity index (χ4n) is 1.67. The fourth-order valence-corrected chi connectivity index (χ4v) is 2.39. The highest BCUT2D eigenvalue weighted by molar-refractivity contribution is 7.98. The standard InChI is InChI=1S/C10H17N7OS/c1-10(18,5-19-2)4-12-7-6-3-13-17-8(6)15-9(14-7)16-11/h3,18H,4-5,11H2,1-2H3,(H3,12,13,14,15,16,17). The number of H-pyrrole nitrogens is 1. The lowest BCUT2D eigenvalue weighted by atomic mass is 10.1. The molecule has 0 aliphatic rings. The van der Waals surface area contributed by atoms with Gasteiger partial charge in [-0.3, -0.25) is 10.5 Å². The van der Waals surface area contributed by atoms with Crippen LogP contribution in [0, 0.1) is 0 Å². The number of hydrogen-bond donors (Lipinski definition) is 5. The predicted molar refractivity (Wildman–Crippen MR) is 77.0 cm³/mol. The van der Waals surface area contributed by atoms with Gasteiger partial charge in [0, 0.05) is 12.3 Å². The molecular formula is C10H17N7OS. The second-order valence-electron chi connectivity index (χ2n) is 4.46. The molecule has 0 spiro atoms. The Balaban J connectivity index is 2.22. The summed E-state index contributed by atoms with van der Waals surface area (Å²) in [5.74, 6) is 6.80. The second-order valence-corrected chi connectivity index (χ2v) is 5.32. The van der Waals surface area contributed by atoms with Gasteiger partial charge in [-0.15, -0.1) is 0 Å². The molecule has 0 aliphatic heterocycles. The van der Waals surface area contributed by atoms with E-state index in [0.717, 1.165) is 5.39 Å². The van der Waals surface area contributed by atoms with Gasteiger partial charge < -0.3 is 10.4 Å². The van der Waals surface area contributed by atoms with Gasteiger partial charge in [-0.2, -0.15) is 26.8 Å².